The van der Waals surface area contributed by atoms with Gasteiger partial charge in [-0.15, -0.1) is 0 Å². The summed E-state index contributed by atoms with van der Waals surface area (Å²) in [5.41, 5.74) is 15.9. The van der Waals surface area contributed by atoms with Crippen molar-refractivity contribution < 1.29 is 13.3 Å². The van der Waals surface area contributed by atoms with Crippen LogP contribution in [0.15, 0.2) is 183 Å². The Labute approximate surface area is 328 Å². The summed E-state index contributed by atoms with van der Waals surface area (Å²) < 4.78 is 19.5. The van der Waals surface area contributed by atoms with Crippen LogP contribution in [0.2, 0.25) is 0 Å². The van der Waals surface area contributed by atoms with Crippen molar-refractivity contribution in [2.45, 2.75) is 19.3 Å². The van der Waals surface area contributed by atoms with E-state index in [9.17, 15) is 0 Å². The van der Waals surface area contributed by atoms with Crippen molar-refractivity contribution in [2.75, 3.05) is 4.90 Å². The highest BCUT2D eigenvalue weighted by Crippen LogP contribution is 2.51. The fourth-order valence-corrected chi connectivity index (χ4v) is 9.13. The van der Waals surface area contributed by atoms with Crippen molar-refractivity contribution in [3.63, 3.8) is 0 Å². The second-order valence-corrected chi connectivity index (χ2v) is 15.5. The molecular formula is C52H34N2O3. The molecule has 0 N–H and O–H groups in total. The molecule has 0 fully saturated rings. The standard InChI is InChI=1S/C52H34N2O3/c1-52(2)42-17-9-6-14-36(42)39-28-34(24-26-43(39)52)54(35-25-27-47-40(29-35)37-15-7-10-18-45(37)55-47)33-22-20-31(21-23-33)48-49-41(38-16-8-11-19-46(38)56-49)30-44-50(48)57-51(53-44)32-12-4-3-5-13-32/h3-30H,1-2H3. The summed E-state index contributed by atoms with van der Waals surface area (Å²) in [5.74, 6) is 0.579. The van der Waals surface area contributed by atoms with E-state index >= 15 is 0 Å². The molecule has 3 aromatic heterocycles. The molecule has 1 aliphatic rings. The molecule has 1 aliphatic carbocycles. The summed E-state index contributed by atoms with van der Waals surface area (Å²) in [5, 5.41) is 4.23. The zero-order chi connectivity index (χ0) is 37.8. The number of furan rings is 2. The van der Waals surface area contributed by atoms with Crippen LogP contribution >= 0.6 is 0 Å². The first-order valence-electron chi connectivity index (χ1n) is 19.4. The summed E-state index contributed by atoms with van der Waals surface area (Å²) in [7, 11) is 0. The Hall–Kier alpha value is -7.37. The maximum absolute atomic E-state index is 6.63. The van der Waals surface area contributed by atoms with Gasteiger partial charge < -0.3 is 18.2 Å². The lowest BCUT2D eigenvalue weighted by Crippen LogP contribution is -2.15. The van der Waals surface area contributed by atoms with Gasteiger partial charge in [-0.25, -0.2) is 4.98 Å². The molecule has 57 heavy (non-hydrogen) atoms. The minimum absolute atomic E-state index is 0.0877. The van der Waals surface area contributed by atoms with Gasteiger partial charge in [0.15, 0.2) is 5.58 Å². The first-order chi connectivity index (χ1) is 28.0. The van der Waals surface area contributed by atoms with E-state index in [1.54, 1.807) is 0 Å². The average molecular weight is 735 g/mol. The summed E-state index contributed by atoms with van der Waals surface area (Å²) in [6.07, 6.45) is 0. The lowest BCUT2D eigenvalue weighted by molar-refractivity contribution is 0.619. The smallest absolute Gasteiger partial charge is 0.227 e. The van der Waals surface area contributed by atoms with Crippen LogP contribution in [0.3, 0.4) is 0 Å². The first kappa shape index (κ1) is 31.9. The van der Waals surface area contributed by atoms with E-state index in [0.717, 1.165) is 83.1 Å². The fraction of sp³-hybridized carbons (Fsp3) is 0.0577. The van der Waals surface area contributed by atoms with Crippen molar-refractivity contribution in [3.8, 4) is 33.7 Å². The highest BCUT2D eigenvalue weighted by Gasteiger charge is 2.35. The summed E-state index contributed by atoms with van der Waals surface area (Å²) in [4.78, 5) is 7.35. The summed E-state index contributed by atoms with van der Waals surface area (Å²) >= 11 is 0. The van der Waals surface area contributed by atoms with E-state index in [0.29, 0.717) is 11.5 Å². The molecule has 8 aromatic carbocycles. The van der Waals surface area contributed by atoms with Crippen LogP contribution in [0.5, 0.6) is 0 Å². The molecule has 0 saturated carbocycles. The molecular weight excluding hydrogens is 701 g/mol. The van der Waals surface area contributed by atoms with Gasteiger partial charge in [0.05, 0.1) is 5.56 Å². The van der Waals surface area contributed by atoms with Crippen molar-refractivity contribution in [1.82, 2.24) is 4.98 Å². The van der Waals surface area contributed by atoms with Crippen molar-refractivity contribution in [3.05, 3.63) is 181 Å². The molecule has 0 unspecified atom stereocenters. The predicted octanol–water partition coefficient (Wildman–Crippen LogP) is 14.7. The van der Waals surface area contributed by atoms with Crippen LogP contribution in [0.1, 0.15) is 25.0 Å². The van der Waals surface area contributed by atoms with Crippen LogP contribution < -0.4 is 4.90 Å². The number of para-hydroxylation sites is 2. The van der Waals surface area contributed by atoms with Gasteiger partial charge in [-0.05, 0) is 101 Å². The van der Waals surface area contributed by atoms with Gasteiger partial charge >= 0.3 is 0 Å². The number of oxazole rings is 1. The zero-order valence-corrected chi connectivity index (χ0v) is 31.3. The minimum Gasteiger partial charge on any atom is -0.456 e. The van der Waals surface area contributed by atoms with Crippen molar-refractivity contribution >= 4 is 72.0 Å². The van der Waals surface area contributed by atoms with Gasteiger partial charge in [0, 0.05) is 49.6 Å². The topological polar surface area (TPSA) is 55.6 Å². The zero-order valence-electron chi connectivity index (χ0n) is 31.3. The van der Waals surface area contributed by atoms with E-state index in [1.807, 2.05) is 60.7 Å². The molecule has 0 amide bonds. The lowest BCUT2D eigenvalue weighted by atomic mass is 9.82. The molecule has 270 valence electrons. The van der Waals surface area contributed by atoms with Gasteiger partial charge in [-0.1, -0.05) is 111 Å². The number of fused-ring (bicyclic) bond motifs is 10. The van der Waals surface area contributed by atoms with Gasteiger partial charge in [0.25, 0.3) is 0 Å². The number of anilines is 3. The Morgan fingerprint density at radius 3 is 1.89 bits per heavy atom. The second kappa shape index (κ2) is 11.8. The molecule has 0 saturated heterocycles. The molecule has 5 heteroatoms. The van der Waals surface area contributed by atoms with E-state index in [4.69, 9.17) is 18.2 Å². The largest absolute Gasteiger partial charge is 0.456 e. The van der Waals surface area contributed by atoms with Gasteiger partial charge in [-0.2, -0.15) is 0 Å². The minimum atomic E-state index is -0.0877. The molecule has 12 rings (SSSR count). The summed E-state index contributed by atoms with van der Waals surface area (Å²) in [6, 6.07) is 59.5. The molecule has 0 aliphatic heterocycles. The Morgan fingerprint density at radius 2 is 1.07 bits per heavy atom. The fourth-order valence-electron chi connectivity index (χ4n) is 9.13. The Kier molecular flexibility index (Phi) is 6.62. The molecule has 0 spiro atoms. The third-order valence-electron chi connectivity index (χ3n) is 11.9. The molecule has 0 atom stereocenters. The van der Waals surface area contributed by atoms with Crippen LogP contribution in [-0.2, 0) is 5.41 Å². The third kappa shape index (κ3) is 4.72. The number of rotatable bonds is 5. The number of hydrogen-bond donors (Lipinski definition) is 0. The van der Waals surface area contributed by atoms with Crippen molar-refractivity contribution in [2.24, 2.45) is 0 Å². The SMILES string of the molecule is CC1(C)c2ccccc2-c2cc(N(c3ccc(-c4c5oc(-c6ccccc6)nc5cc5c4oc4ccccc45)cc3)c3ccc4oc5ccccc5c4c3)ccc21. The van der Waals surface area contributed by atoms with E-state index in [2.05, 4.69) is 128 Å². The number of hydrogen-bond acceptors (Lipinski definition) is 5. The maximum Gasteiger partial charge on any atom is 0.227 e. The van der Waals surface area contributed by atoms with E-state index in [-0.39, 0.29) is 5.41 Å². The second-order valence-electron chi connectivity index (χ2n) is 15.5. The predicted molar refractivity (Wildman–Crippen MR) is 232 cm³/mol. The van der Waals surface area contributed by atoms with Crippen LogP contribution in [0.4, 0.5) is 17.1 Å². The number of nitrogens with zero attached hydrogens (tertiary/aromatic N) is 2. The summed E-state index contributed by atoms with van der Waals surface area (Å²) in [6.45, 7) is 4.64. The number of aromatic nitrogens is 1. The van der Waals surface area contributed by atoms with Crippen LogP contribution in [0.25, 0.3) is 88.7 Å². The first-order valence-corrected chi connectivity index (χ1v) is 19.4. The molecule has 5 nitrogen and oxygen atoms in total. The van der Waals surface area contributed by atoms with E-state index < -0.39 is 0 Å². The van der Waals surface area contributed by atoms with E-state index in [1.165, 1.54) is 22.3 Å². The molecule has 11 aromatic rings. The molecule has 0 bridgehead atoms. The van der Waals surface area contributed by atoms with Crippen LogP contribution in [0, 0.1) is 0 Å². The maximum atomic E-state index is 6.63. The number of benzene rings is 8. The Morgan fingerprint density at radius 1 is 0.439 bits per heavy atom. The van der Waals surface area contributed by atoms with Gasteiger partial charge in [0.1, 0.15) is 27.8 Å². The highest BCUT2D eigenvalue weighted by atomic mass is 16.4. The third-order valence-corrected chi connectivity index (χ3v) is 11.9. The highest BCUT2D eigenvalue weighted by molar-refractivity contribution is 6.16. The monoisotopic (exact) mass is 734 g/mol. The normalized spacial score (nSPS) is 13.2. The van der Waals surface area contributed by atoms with Crippen LogP contribution in [-0.4, -0.2) is 4.98 Å². The van der Waals surface area contributed by atoms with Gasteiger partial charge in [0.2, 0.25) is 5.89 Å². The lowest BCUT2D eigenvalue weighted by Gasteiger charge is -2.27. The quantitative estimate of drug-likeness (QED) is 0.176. The Bertz CT molecular complexity index is 3380. The molecule has 3 heterocycles. The van der Waals surface area contributed by atoms with Gasteiger partial charge in [-0.3, -0.25) is 0 Å². The average Bonchev–Trinajstić information content (AvgIpc) is 4.01. The molecule has 0 radical (unpaired) electrons. The Balaban J connectivity index is 1.06. The van der Waals surface area contributed by atoms with Crippen molar-refractivity contribution in [1.29, 1.82) is 0 Å².